The monoisotopic (exact) mass is 295 g/mol. The van der Waals surface area contributed by atoms with Gasteiger partial charge in [0.25, 0.3) is 0 Å². The molecule has 0 spiro atoms. The van der Waals surface area contributed by atoms with Gasteiger partial charge in [0.1, 0.15) is 11.4 Å². The molecule has 2 aliphatic rings. The molecule has 0 aromatic rings. The maximum absolute atomic E-state index is 12.3. The van der Waals surface area contributed by atoms with E-state index in [9.17, 15) is 9.59 Å². The molecule has 1 aliphatic carbocycles. The van der Waals surface area contributed by atoms with Crippen molar-refractivity contribution in [1.82, 2.24) is 4.90 Å². The molecule has 4 heteroatoms. The fourth-order valence-corrected chi connectivity index (χ4v) is 3.48. The normalized spacial score (nSPS) is 25.6. The molecule has 0 bridgehead atoms. The number of ether oxygens (including phenoxy) is 1. The summed E-state index contributed by atoms with van der Waals surface area (Å²) in [5.74, 6) is 0.844. The molecule has 0 N–H and O–H groups in total. The Bertz CT molecular complexity index is 378. The first kappa shape index (κ1) is 16.3. The second kappa shape index (κ2) is 6.80. The SMILES string of the molecule is CC(C)(C)OC(=O)N1CCC(=O)C(C2CCCCCC2)C1. The van der Waals surface area contributed by atoms with Crippen LogP contribution in [0.2, 0.25) is 0 Å². The molecule has 120 valence electrons. The van der Waals surface area contributed by atoms with Gasteiger partial charge in [-0.05, 0) is 39.5 Å². The molecule has 2 fully saturated rings. The molecule has 4 nitrogen and oxygen atoms in total. The van der Waals surface area contributed by atoms with Gasteiger partial charge in [-0.25, -0.2) is 4.79 Å². The largest absolute Gasteiger partial charge is 0.444 e. The van der Waals surface area contributed by atoms with Crippen LogP contribution in [0.1, 0.15) is 65.7 Å². The molecular weight excluding hydrogens is 266 g/mol. The molecule has 1 aliphatic heterocycles. The van der Waals surface area contributed by atoms with Crippen molar-refractivity contribution >= 4 is 11.9 Å². The maximum Gasteiger partial charge on any atom is 0.410 e. The smallest absolute Gasteiger partial charge is 0.410 e. The summed E-state index contributed by atoms with van der Waals surface area (Å²) < 4.78 is 5.45. The van der Waals surface area contributed by atoms with E-state index in [1.54, 1.807) is 4.90 Å². The highest BCUT2D eigenvalue weighted by Gasteiger charge is 2.36. The van der Waals surface area contributed by atoms with Gasteiger partial charge in [0.2, 0.25) is 0 Å². The molecule has 21 heavy (non-hydrogen) atoms. The fourth-order valence-electron chi connectivity index (χ4n) is 3.48. The van der Waals surface area contributed by atoms with E-state index >= 15 is 0 Å². The van der Waals surface area contributed by atoms with Gasteiger partial charge in [-0.1, -0.05) is 25.7 Å². The van der Waals surface area contributed by atoms with Crippen LogP contribution in [0.4, 0.5) is 4.79 Å². The maximum atomic E-state index is 12.3. The van der Waals surface area contributed by atoms with Crippen molar-refractivity contribution in [2.45, 2.75) is 71.3 Å². The lowest BCUT2D eigenvalue weighted by molar-refractivity contribution is -0.128. The van der Waals surface area contributed by atoms with Gasteiger partial charge < -0.3 is 9.64 Å². The van der Waals surface area contributed by atoms with E-state index in [4.69, 9.17) is 4.74 Å². The molecule has 0 radical (unpaired) electrons. The third kappa shape index (κ3) is 4.72. The molecule has 0 aromatic heterocycles. The van der Waals surface area contributed by atoms with Crippen LogP contribution in [-0.2, 0) is 9.53 Å². The number of nitrogens with zero attached hydrogens (tertiary/aromatic N) is 1. The Morgan fingerprint density at radius 1 is 1.14 bits per heavy atom. The summed E-state index contributed by atoms with van der Waals surface area (Å²) in [6, 6.07) is 0. The molecular formula is C17H29NO3. The van der Waals surface area contributed by atoms with E-state index < -0.39 is 5.60 Å². The zero-order chi connectivity index (χ0) is 15.5. The Labute approximate surface area is 128 Å². The number of ketones is 1. The third-order valence-electron chi connectivity index (χ3n) is 4.58. The van der Waals surface area contributed by atoms with Gasteiger partial charge in [-0.2, -0.15) is 0 Å². The van der Waals surface area contributed by atoms with Crippen molar-refractivity contribution in [3.63, 3.8) is 0 Å². The highest BCUT2D eigenvalue weighted by atomic mass is 16.6. The molecule has 2 rings (SSSR count). The minimum Gasteiger partial charge on any atom is -0.444 e. The van der Waals surface area contributed by atoms with E-state index in [2.05, 4.69) is 0 Å². The van der Waals surface area contributed by atoms with Crippen LogP contribution in [0.15, 0.2) is 0 Å². The van der Waals surface area contributed by atoms with Gasteiger partial charge in [0.15, 0.2) is 0 Å². The summed E-state index contributed by atoms with van der Waals surface area (Å²) in [6.45, 7) is 6.70. The second-order valence-electron chi connectivity index (χ2n) is 7.50. The molecule has 1 unspecified atom stereocenters. The summed E-state index contributed by atoms with van der Waals surface area (Å²) in [5, 5.41) is 0. The molecule has 1 heterocycles. The lowest BCUT2D eigenvalue weighted by Gasteiger charge is -2.36. The Morgan fingerprint density at radius 2 is 1.76 bits per heavy atom. The lowest BCUT2D eigenvalue weighted by Crippen LogP contribution is -2.48. The van der Waals surface area contributed by atoms with Gasteiger partial charge in [-0.3, -0.25) is 4.79 Å². The number of hydrogen-bond acceptors (Lipinski definition) is 3. The Kier molecular flexibility index (Phi) is 5.28. The van der Waals surface area contributed by atoms with Crippen LogP contribution >= 0.6 is 0 Å². The summed E-state index contributed by atoms with van der Waals surface area (Å²) in [4.78, 5) is 26.2. The predicted octanol–water partition coefficient (Wildman–Crippen LogP) is 3.78. The Morgan fingerprint density at radius 3 is 2.33 bits per heavy atom. The second-order valence-corrected chi connectivity index (χ2v) is 7.50. The first-order valence-corrected chi connectivity index (χ1v) is 8.37. The number of Topliss-reactive ketones (excluding diaryl/α,β-unsaturated/α-hetero) is 1. The van der Waals surface area contributed by atoms with Crippen molar-refractivity contribution in [2.75, 3.05) is 13.1 Å². The van der Waals surface area contributed by atoms with Gasteiger partial charge >= 0.3 is 6.09 Å². The zero-order valence-corrected chi connectivity index (χ0v) is 13.7. The first-order valence-electron chi connectivity index (χ1n) is 8.37. The third-order valence-corrected chi connectivity index (χ3v) is 4.58. The average molecular weight is 295 g/mol. The van der Waals surface area contributed by atoms with E-state index in [0.717, 1.165) is 12.8 Å². The van der Waals surface area contributed by atoms with Gasteiger partial charge in [0, 0.05) is 25.4 Å². The number of carbonyl (C=O) groups excluding carboxylic acids is 2. The Hall–Kier alpha value is -1.06. The standard InChI is InChI=1S/C17H29NO3/c1-17(2,3)21-16(20)18-11-10-15(19)14(12-18)13-8-6-4-5-7-9-13/h13-14H,4-12H2,1-3H3. The minimum atomic E-state index is -0.476. The summed E-state index contributed by atoms with van der Waals surface area (Å²) in [7, 11) is 0. The van der Waals surface area contributed by atoms with Crippen LogP contribution in [0.25, 0.3) is 0 Å². The summed E-state index contributed by atoms with van der Waals surface area (Å²) in [5.41, 5.74) is -0.476. The van der Waals surface area contributed by atoms with Crippen LogP contribution in [0.3, 0.4) is 0 Å². The fraction of sp³-hybridized carbons (Fsp3) is 0.882. The number of amides is 1. The highest BCUT2D eigenvalue weighted by Crippen LogP contribution is 2.32. The van der Waals surface area contributed by atoms with Crippen molar-refractivity contribution in [2.24, 2.45) is 11.8 Å². The topological polar surface area (TPSA) is 46.6 Å². The van der Waals surface area contributed by atoms with E-state index in [0.29, 0.717) is 31.2 Å². The van der Waals surface area contributed by atoms with Crippen molar-refractivity contribution in [1.29, 1.82) is 0 Å². The molecule has 0 aromatic carbocycles. The molecule has 1 saturated heterocycles. The minimum absolute atomic E-state index is 0.0318. The number of likely N-dealkylation sites (tertiary alicyclic amines) is 1. The predicted molar refractivity (Wildman–Crippen MR) is 82.1 cm³/mol. The van der Waals surface area contributed by atoms with Crippen molar-refractivity contribution < 1.29 is 14.3 Å². The highest BCUT2D eigenvalue weighted by molar-refractivity contribution is 5.84. The summed E-state index contributed by atoms with van der Waals surface area (Å²) >= 11 is 0. The number of rotatable bonds is 1. The average Bonchev–Trinajstić information content (AvgIpc) is 2.66. The number of hydrogen-bond donors (Lipinski definition) is 0. The summed E-state index contributed by atoms with van der Waals surface area (Å²) in [6.07, 6.45) is 7.51. The quantitative estimate of drug-likeness (QED) is 0.692. The molecule has 1 atom stereocenters. The van der Waals surface area contributed by atoms with Crippen LogP contribution in [-0.4, -0.2) is 35.5 Å². The van der Waals surface area contributed by atoms with Crippen LogP contribution in [0.5, 0.6) is 0 Å². The first-order chi connectivity index (χ1) is 9.87. The van der Waals surface area contributed by atoms with E-state index in [1.165, 1.54) is 25.7 Å². The molecule has 1 amide bonds. The van der Waals surface area contributed by atoms with Crippen LogP contribution < -0.4 is 0 Å². The number of carbonyl (C=O) groups is 2. The van der Waals surface area contributed by atoms with Gasteiger partial charge in [0.05, 0.1) is 0 Å². The van der Waals surface area contributed by atoms with E-state index in [-0.39, 0.29) is 12.0 Å². The van der Waals surface area contributed by atoms with Crippen LogP contribution in [0, 0.1) is 11.8 Å². The zero-order valence-electron chi connectivity index (χ0n) is 13.7. The number of piperidine rings is 1. The van der Waals surface area contributed by atoms with Crippen molar-refractivity contribution in [3.05, 3.63) is 0 Å². The lowest BCUT2D eigenvalue weighted by atomic mass is 9.80. The molecule has 1 saturated carbocycles. The van der Waals surface area contributed by atoms with Gasteiger partial charge in [-0.15, -0.1) is 0 Å². The van der Waals surface area contributed by atoms with E-state index in [1.807, 2.05) is 20.8 Å². The van der Waals surface area contributed by atoms with Crippen molar-refractivity contribution in [3.8, 4) is 0 Å². The Balaban J connectivity index is 1.98.